The third-order valence-corrected chi connectivity index (χ3v) is 4.29. The number of hydrogen-bond donors (Lipinski definition) is 2. The van der Waals surface area contributed by atoms with Crippen LogP contribution >= 0.6 is 0 Å². The molecule has 1 atom stereocenters. The molecule has 0 saturated heterocycles. The molecule has 2 N–H and O–H groups in total. The van der Waals surface area contributed by atoms with Crippen molar-refractivity contribution in [2.45, 2.75) is 19.9 Å². The van der Waals surface area contributed by atoms with Crippen LogP contribution in [0.2, 0.25) is 0 Å². The average molecular weight is 361 g/mol. The number of ether oxygens (including phenoxy) is 1. The van der Waals surface area contributed by atoms with E-state index in [9.17, 15) is 4.79 Å². The molecule has 0 fully saturated rings. The van der Waals surface area contributed by atoms with E-state index in [4.69, 9.17) is 4.74 Å². The molecule has 138 valence electrons. The number of hydrogen-bond acceptors (Lipinski definition) is 4. The van der Waals surface area contributed by atoms with Crippen molar-refractivity contribution in [3.05, 3.63) is 83.6 Å². The summed E-state index contributed by atoms with van der Waals surface area (Å²) < 4.78 is 5.38. The van der Waals surface area contributed by atoms with Crippen LogP contribution in [0.1, 0.15) is 34.5 Å². The summed E-state index contributed by atoms with van der Waals surface area (Å²) in [4.78, 5) is 16.9. The van der Waals surface area contributed by atoms with Gasteiger partial charge in [0, 0.05) is 11.8 Å². The summed E-state index contributed by atoms with van der Waals surface area (Å²) in [5, 5.41) is 6.24. The van der Waals surface area contributed by atoms with E-state index in [1.165, 1.54) is 0 Å². The zero-order chi connectivity index (χ0) is 19.2. The molecule has 1 heterocycles. The number of nitrogens with one attached hydrogen (secondary N) is 2. The maximum Gasteiger partial charge on any atom is 0.251 e. The minimum absolute atomic E-state index is 0.0832. The molecule has 0 saturated carbocycles. The van der Waals surface area contributed by atoms with E-state index in [2.05, 4.69) is 15.6 Å². The van der Waals surface area contributed by atoms with E-state index in [0.29, 0.717) is 11.4 Å². The minimum atomic E-state index is -0.145. The highest BCUT2D eigenvalue weighted by atomic mass is 16.5. The summed E-state index contributed by atoms with van der Waals surface area (Å²) in [6.07, 6.45) is 1.62. The fourth-order valence-electron chi connectivity index (χ4n) is 2.80. The van der Waals surface area contributed by atoms with Gasteiger partial charge in [0.15, 0.2) is 0 Å². The molecule has 0 bridgehead atoms. The van der Waals surface area contributed by atoms with Crippen LogP contribution in [0.4, 0.5) is 11.5 Å². The van der Waals surface area contributed by atoms with Crippen molar-refractivity contribution in [3.63, 3.8) is 0 Å². The number of benzene rings is 2. The number of anilines is 2. The topological polar surface area (TPSA) is 63.2 Å². The molecule has 1 aromatic heterocycles. The molecule has 0 spiro atoms. The van der Waals surface area contributed by atoms with Gasteiger partial charge in [-0.1, -0.05) is 36.4 Å². The molecule has 3 aromatic rings. The zero-order valence-corrected chi connectivity index (χ0v) is 15.7. The summed E-state index contributed by atoms with van der Waals surface area (Å²) in [5.41, 5.74) is 3.51. The van der Waals surface area contributed by atoms with Crippen molar-refractivity contribution in [2.75, 3.05) is 12.4 Å². The molecule has 1 unspecified atom stereocenters. The molecule has 1 amide bonds. The fourth-order valence-corrected chi connectivity index (χ4v) is 2.80. The van der Waals surface area contributed by atoms with Crippen LogP contribution in [0, 0.1) is 6.92 Å². The number of methoxy groups -OCH3 is 1. The van der Waals surface area contributed by atoms with Crippen LogP contribution in [0.5, 0.6) is 5.75 Å². The van der Waals surface area contributed by atoms with Gasteiger partial charge in [0.2, 0.25) is 0 Å². The molecular weight excluding hydrogens is 338 g/mol. The van der Waals surface area contributed by atoms with Crippen molar-refractivity contribution in [1.82, 2.24) is 10.3 Å². The van der Waals surface area contributed by atoms with E-state index >= 15 is 0 Å². The van der Waals surface area contributed by atoms with Crippen LogP contribution < -0.4 is 15.4 Å². The Morgan fingerprint density at radius 2 is 1.85 bits per heavy atom. The standard InChI is InChI=1S/C22H23N3O2/c1-15-9-10-20(27-3)19(13-15)25-21-14-18(11-12-23-21)22(26)24-16(2)17-7-5-4-6-8-17/h4-14,16H,1-3H3,(H,23,25)(H,24,26). The quantitative estimate of drug-likeness (QED) is 0.672. The van der Waals surface area contributed by atoms with Crippen molar-refractivity contribution in [3.8, 4) is 5.75 Å². The predicted molar refractivity (Wildman–Crippen MR) is 108 cm³/mol. The van der Waals surface area contributed by atoms with Crippen LogP contribution in [0.15, 0.2) is 66.9 Å². The Labute approximate surface area is 159 Å². The summed E-state index contributed by atoms with van der Waals surface area (Å²) in [6, 6.07) is 19.1. The van der Waals surface area contributed by atoms with Crippen molar-refractivity contribution in [2.24, 2.45) is 0 Å². The number of carbonyl (C=O) groups excluding carboxylic acids is 1. The highest BCUT2D eigenvalue weighted by molar-refractivity contribution is 5.95. The molecule has 3 rings (SSSR count). The minimum Gasteiger partial charge on any atom is -0.495 e. The number of pyridine rings is 1. The highest BCUT2D eigenvalue weighted by Crippen LogP contribution is 2.28. The number of aryl methyl sites for hydroxylation is 1. The molecule has 27 heavy (non-hydrogen) atoms. The Morgan fingerprint density at radius 1 is 1.07 bits per heavy atom. The molecule has 5 nitrogen and oxygen atoms in total. The number of nitrogens with zero attached hydrogens (tertiary/aromatic N) is 1. The summed E-state index contributed by atoms with van der Waals surface area (Å²) in [6.45, 7) is 3.97. The number of rotatable bonds is 6. The normalized spacial score (nSPS) is 11.5. The first kappa shape index (κ1) is 18.5. The van der Waals surface area contributed by atoms with Gasteiger partial charge in [-0.2, -0.15) is 0 Å². The largest absolute Gasteiger partial charge is 0.495 e. The third-order valence-electron chi connectivity index (χ3n) is 4.29. The van der Waals surface area contributed by atoms with E-state index < -0.39 is 0 Å². The van der Waals surface area contributed by atoms with Crippen molar-refractivity contribution in [1.29, 1.82) is 0 Å². The molecule has 0 aliphatic carbocycles. The lowest BCUT2D eigenvalue weighted by molar-refractivity contribution is 0.0940. The molecule has 0 aliphatic heterocycles. The molecule has 2 aromatic carbocycles. The monoisotopic (exact) mass is 361 g/mol. The maximum absolute atomic E-state index is 12.6. The summed E-state index contributed by atoms with van der Waals surface area (Å²) in [7, 11) is 1.62. The van der Waals surface area contributed by atoms with E-state index in [0.717, 1.165) is 22.6 Å². The highest BCUT2D eigenvalue weighted by Gasteiger charge is 2.12. The van der Waals surface area contributed by atoms with Gasteiger partial charge in [0.25, 0.3) is 5.91 Å². The van der Waals surface area contributed by atoms with E-state index in [-0.39, 0.29) is 11.9 Å². The summed E-state index contributed by atoms with van der Waals surface area (Å²) >= 11 is 0. The first-order chi connectivity index (χ1) is 13.1. The van der Waals surface area contributed by atoms with Gasteiger partial charge in [0.05, 0.1) is 18.8 Å². The molecule has 0 aliphatic rings. The predicted octanol–water partition coefficient (Wildman–Crippen LogP) is 4.63. The molecule has 5 heteroatoms. The van der Waals surface area contributed by atoms with E-state index in [1.807, 2.05) is 62.4 Å². The van der Waals surface area contributed by atoms with Crippen LogP contribution in [-0.2, 0) is 0 Å². The second kappa shape index (κ2) is 8.36. The summed E-state index contributed by atoms with van der Waals surface area (Å²) in [5.74, 6) is 1.15. The number of aromatic nitrogens is 1. The van der Waals surface area contributed by atoms with Gasteiger partial charge >= 0.3 is 0 Å². The SMILES string of the molecule is COc1ccc(C)cc1Nc1cc(C(=O)NC(C)c2ccccc2)ccn1. The second-order valence-corrected chi connectivity index (χ2v) is 6.36. The molecular formula is C22H23N3O2. The smallest absolute Gasteiger partial charge is 0.251 e. The lowest BCUT2D eigenvalue weighted by Gasteiger charge is -2.15. The van der Waals surface area contributed by atoms with Gasteiger partial charge < -0.3 is 15.4 Å². The van der Waals surface area contributed by atoms with Crippen LogP contribution in [-0.4, -0.2) is 18.0 Å². The maximum atomic E-state index is 12.6. The van der Waals surface area contributed by atoms with Gasteiger partial charge in [-0.25, -0.2) is 4.98 Å². The Balaban J connectivity index is 1.75. The van der Waals surface area contributed by atoms with Crippen molar-refractivity contribution < 1.29 is 9.53 Å². The number of amides is 1. The Kier molecular flexibility index (Phi) is 5.71. The first-order valence-corrected chi connectivity index (χ1v) is 8.80. The van der Waals surface area contributed by atoms with Crippen LogP contribution in [0.3, 0.4) is 0 Å². The van der Waals surface area contributed by atoms with Gasteiger partial charge in [-0.3, -0.25) is 4.79 Å². The fraction of sp³-hybridized carbons (Fsp3) is 0.182. The van der Waals surface area contributed by atoms with E-state index in [1.54, 1.807) is 25.4 Å². The Hall–Kier alpha value is -3.34. The lowest BCUT2D eigenvalue weighted by atomic mass is 10.1. The first-order valence-electron chi connectivity index (χ1n) is 8.80. The van der Waals surface area contributed by atoms with Crippen molar-refractivity contribution >= 4 is 17.4 Å². The van der Waals surface area contributed by atoms with Crippen LogP contribution in [0.25, 0.3) is 0 Å². The Morgan fingerprint density at radius 3 is 2.59 bits per heavy atom. The third kappa shape index (κ3) is 4.64. The Bertz CT molecular complexity index is 926. The second-order valence-electron chi connectivity index (χ2n) is 6.36. The molecule has 0 radical (unpaired) electrons. The number of carbonyl (C=O) groups is 1. The van der Waals surface area contributed by atoms with Gasteiger partial charge in [-0.15, -0.1) is 0 Å². The zero-order valence-electron chi connectivity index (χ0n) is 15.7. The lowest BCUT2D eigenvalue weighted by Crippen LogP contribution is -2.26. The van der Waals surface area contributed by atoms with Gasteiger partial charge in [-0.05, 0) is 49.2 Å². The average Bonchev–Trinajstić information content (AvgIpc) is 2.69. The van der Waals surface area contributed by atoms with Gasteiger partial charge in [0.1, 0.15) is 11.6 Å².